The third-order valence-electron chi connectivity index (χ3n) is 3.13. The Morgan fingerprint density at radius 2 is 2.00 bits per heavy atom. The molecule has 0 aliphatic carbocycles. The Morgan fingerprint density at radius 3 is 2.79 bits per heavy atom. The third kappa shape index (κ3) is 1.76. The highest BCUT2D eigenvalue weighted by Crippen LogP contribution is 2.22. The second-order valence-electron chi connectivity index (χ2n) is 4.46. The lowest BCUT2D eigenvalue weighted by Crippen LogP contribution is -2.01. The van der Waals surface area contributed by atoms with Crippen LogP contribution in [0.25, 0.3) is 16.7 Å². The van der Waals surface area contributed by atoms with Crippen molar-refractivity contribution < 1.29 is 0 Å². The third-order valence-corrected chi connectivity index (χ3v) is 3.13. The van der Waals surface area contributed by atoms with E-state index in [-0.39, 0.29) is 0 Å². The van der Waals surface area contributed by atoms with Gasteiger partial charge in [-0.15, -0.1) is 0 Å². The molecule has 1 aromatic carbocycles. The summed E-state index contributed by atoms with van der Waals surface area (Å²) >= 11 is 0. The molecule has 3 rings (SSSR count). The number of imidazole rings is 1. The van der Waals surface area contributed by atoms with E-state index < -0.39 is 0 Å². The molecule has 4 heteroatoms. The summed E-state index contributed by atoms with van der Waals surface area (Å²) in [5.41, 5.74) is 4.97. The van der Waals surface area contributed by atoms with Gasteiger partial charge in [-0.2, -0.15) is 5.26 Å². The number of nitrogens with zero attached hydrogens (tertiary/aromatic N) is 4. The predicted molar refractivity (Wildman–Crippen MR) is 73.1 cm³/mol. The van der Waals surface area contributed by atoms with Crippen LogP contribution in [0, 0.1) is 25.2 Å². The molecule has 2 heterocycles. The van der Waals surface area contributed by atoms with E-state index in [1.165, 1.54) is 0 Å². The van der Waals surface area contributed by atoms with E-state index in [9.17, 15) is 5.26 Å². The molecular formula is C15H12N4. The standard InChI is InChI=1S/C15H12N4/c1-10-7-15(12(8-16)11(2)18-10)19-9-17-13-5-3-4-6-14(13)19/h3-7,9H,1-2H3. The minimum absolute atomic E-state index is 0.591. The number of para-hydroxylation sites is 2. The van der Waals surface area contributed by atoms with Crippen LogP contribution in [-0.2, 0) is 0 Å². The average Bonchev–Trinajstić information content (AvgIpc) is 2.81. The van der Waals surface area contributed by atoms with Crippen LogP contribution in [-0.4, -0.2) is 14.5 Å². The Balaban J connectivity index is 2.36. The maximum absolute atomic E-state index is 9.34. The molecule has 19 heavy (non-hydrogen) atoms. The highest BCUT2D eigenvalue weighted by Gasteiger charge is 2.12. The Morgan fingerprint density at radius 1 is 1.21 bits per heavy atom. The van der Waals surface area contributed by atoms with Crippen LogP contribution < -0.4 is 0 Å². The van der Waals surface area contributed by atoms with Gasteiger partial charge in [-0.25, -0.2) is 4.98 Å². The summed E-state index contributed by atoms with van der Waals surface area (Å²) in [4.78, 5) is 8.70. The molecule has 0 amide bonds. The van der Waals surface area contributed by atoms with E-state index in [1.54, 1.807) is 6.33 Å². The molecule has 0 radical (unpaired) electrons. The van der Waals surface area contributed by atoms with Gasteiger partial charge in [0, 0.05) is 5.69 Å². The normalized spacial score (nSPS) is 10.6. The number of hydrogen-bond donors (Lipinski definition) is 0. The highest BCUT2D eigenvalue weighted by atomic mass is 15.1. The van der Waals surface area contributed by atoms with Crippen LogP contribution in [0.15, 0.2) is 36.7 Å². The molecular weight excluding hydrogens is 236 g/mol. The van der Waals surface area contributed by atoms with Crippen molar-refractivity contribution in [2.24, 2.45) is 0 Å². The van der Waals surface area contributed by atoms with Crippen LogP contribution in [0.2, 0.25) is 0 Å². The fourth-order valence-corrected chi connectivity index (χ4v) is 2.29. The van der Waals surface area contributed by atoms with Gasteiger partial charge in [-0.05, 0) is 32.0 Å². The topological polar surface area (TPSA) is 54.5 Å². The maximum Gasteiger partial charge on any atom is 0.103 e. The Hall–Kier alpha value is -2.67. The Kier molecular flexibility index (Phi) is 2.53. The predicted octanol–water partition coefficient (Wildman–Crippen LogP) is 2.91. The van der Waals surface area contributed by atoms with Crippen molar-refractivity contribution in [3.8, 4) is 11.8 Å². The molecule has 0 saturated heterocycles. The molecule has 0 saturated carbocycles. The van der Waals surface area contributed by atoms with Crippen LogP contribution >= 0.6 is 0 Å². The molecule has 4 nitrogen and oxygen atoms in total. The minimum atomic E-state index is 0.591. The number of nitriles is 1. The van der Waals surface area contributed by atoms with Crippen LogP contribution in [0.5, 0.6) is 0 Å². The van der Waals surface area contributed by atoms with Crippen molar-refractivity contribution in [2.45, 2.75) is 13.8 Å². The molecule has 0 N–H and O–H groups in total. The molecule has 3 aromatic rings. The second kappa shape index (κ2) is 4.21. The van der Waals surface area contributed by atoms with E-state index in [2.05, 4.69) is 16.0 Å². The quantitative estimate of drug-likeness (QED) is 0.665. The Labute approximate surface area is 111 Å². The van der Waals surface area contributed by atoms with Gasteiger partial charge in [-0.1, -0.05) is 12.1 Å². The van der Waals surface area contributed by atoms with Gasteiger partial charge in [0.05, 0.1) is 28.0 Å². The lowest BCUT2D eigenvalue weighted by atomic mass is 10.1. The molecule has 0 atom stereocenters. The van der Waals surface area contributed by atoms with E-state index >= 15 is 0 Å². The monoisotopic (exact) mass is 248 g/mol. The SMILES string of the molecule is Cc1cc(-n2cnc3ccccc32)c(C#N)c(C)n1. The summed E-state index contributed by atoms with van der Waals surface area (Å²) in [6, 6.07) is 12.0. The zero-order chi connectivity index (χ0) is 13.4. The minimum Gasteiger partial charge on any atom is -0.297 e. The zero-order valence-corrected chi connectivity index (χ0v) is 10.8. The smallest absolute Gasteiger partial charge is 0.103 e. The van der Waals surface area contributed by atoms with Gasteiger partial charge in [0.15, 0.2) is 0 Å². The summed E-state index contributed by atoms with van der Waals surface area (Å²) in [6.45, 7) is 3.78. The van der Waals surface area contributed by atoms with Crippen molar-refractivity contribution in [1.29, 1.82) is 5.26 Å². The molecule has 0 unspecified atom stereocenters. The fourth-order valence-electron chi connectivity index (χ4n) is 2.29. The van der Waals surface area contributed by atoms with Crippen molar-refractivity contribution in [2.75, 3.05) is 0 Å². The highest BCUT2D eigenvalue weighted by molar-refractivity contribution is 5.78. The van der Waals surface area contributed by atoms with Crippen LogP contribution in [0.1, 0.15) is 17.0 Å². The summed E-state index contributed by atoms with van der Waals surface area (Å²) in [5, 5.41) is 9.34. The summed E-state index contributed by atoms with van der Waals surface area (Å²) in [6.07, 6.45) is 1.75. The van der Waals surface area contributed by atoms with Crippen molar-refractivity contribution in [3.05, 3.63) is 53.6 Å². The first-order chi connectivity index (χ1) is 9.20. The molecule has 2 aromatic heterocycles. The second-order valence-corrected chi connectivity index (χ2v) is 4.46. The van der Waals surface area contributed by atoms with Gasteiger partial charge >= 0.3 is 0 Å². The van der Waals surface area contributed by atoms with E-state index in [0.29, 0.717) is 5.56 Å². The first kappa shape index (κ1) is 11.4. The molecule has 0 aliphatic heterocycles. The first-order valence-corrected chi connectivity index (χ1v) is 6.01. The summed E-state index contributed by atoms with van der Waals surface area (Å²) in [7, 11) is 0. The maximum atomic E-state index is 9.34. The number of rotatable bonds is 1. The van der Waals surface area contributed by atoms with Crippen LogP contribution in [0.3, 0.4) is 0 Å². The fraction of sp³-hybridized carbons (Fsp3) is 0.133. The van der Waals surface area contributed by atoms with Crippen molar-refractivity contribution in [1.82, 2.24) is 14.5 Å². The van der Waals surface area contributed by atoms with Crippen molar-refractivity contribution in [3.63, 3.8) is 0 Å². The van der Waals surface area contributed by atoms with Gasteiger partial charge in [0.25, 0.3) is 0 Å². The lowest BCUT2D eigenvalue weighted by Gasteiger charge is -2.09. The van der Waals surface area contributed by atoms with Gasteiger partial charge < -0.3 is 0 Å². The van der Waals surface area contributed by atoms with E-state index in [4.69, 9.17) is 0 Å². The number of aryl methyl sites for hydroxylation is 2. The number of aromatic nitrogens is 3. The number of fused-ring (bicyclic) bond motifs is 1. The number of pyridine rings is 1. The molecule has 0 aliphatic rings. The zero-order valence-electron chi connectivity index (χ0n) is 10.8. The number of hydrogen-bond acceptors (Lipinski definition) is 3. The molecule has 0 spiro atoms. The van der Waals surface area contributed by atoms with E-state index in [0.717, 1.165) is 28.1 Å². The molecule has 92 valence electrons. The Bertz CT molecular complexity index is 809. The first-order valence-electron chi connectivity index (χ1n) is 6.01. The van der Waals surface area contributed by atoms with Gasteiger partial charge in [-0.3, -0.25) is 9.55 Å². The van der Waals surface area contributed by atoms with Crippen molar-refractivity contribution >= 4 is 11.0 Å². The average molecular weight is 248 g/mol. The molecule has 0 fully saturated rings. The van der Waals surface area contributed by atoms with E-state index in [1.807, 2.05) is 48.7 Å². The van der Waals surface area contributed by atoms with Gasteiger partial charge in [0.1, 0.15) is 12.4 Å². The van der Waals surface area contributed by atoms with Gasteiger partial charge in [0.2, 0.25) is 0 Å². The van der Waals surface area contributed by atoms with Crippen LogP contribution in [0.4, 0.5) is 0 Å². The lowest BCUT2D eigenvalue weighted by molar-refractivity contribution is 1.03. The largest absolute Gasteiger partial charge is 0.297 e. The molecule has 0 bridgehead atoms. The summed E-state index contributed by atoms with van der Waals surface area (Å²) in [5.74, 6) is 0. The number of benzene rings is 1. The summed E-state index contributed by atoms with van der Waals surface area (Å²) < 4.78 is 1.94.